The minimum Gasteiger partial charge on any atom is -0.478 e. The van der Waals surface area contributed by atoms with Gasteiger partial charge in [-0.25, -0.2) is 17.9 Å². The number of carbonyl (C=O) groups is 1. The van der Waals surface area contributed by atoms with Crippen LogP contribution in [0.3, 0.4) is 0 Å². The number of halogens is 2. The molecule has 5 nitrogen and oxygen atoms in total. The normalized spacial score (nSPS) is 15.3. The number of rotatable bonds is 6. The Morgan fingerprint density at radius 3 is 2.57 bits per heavy atom. The molecule has 0 fully saturated rings. The number of hydrogen-bond acceptors (Lipinski definition) is 3. The van der Waals surface area contributed by atoms with E-state index in [1.54, 1.807) is 0 Å². The third-order valence-corrected chi connectivity index (χ3v) is 5.90. The summed E-state index contributed by atoms with van der Waals surface area (Å²) >= 11 is 11.7. The van der Waals surface area contributed by atoms with Gasteiger partial charge in [0.25, 0.3) is 0 Å². The predicted molar refractivity (Wildman–Crippen MR) is 89.8 cm³/mol. The zero-order valence-electron chi connectivity index (χ0n) is 12.3. The molecule has 0 saturated heterocycles. The Balaban J connectivity index is 2.14. The van der Waals surface area contributed by atoms with Gasteiger partial charge in [0, 0.05) is 6.54 Å². The van der Waals surface area contributed by atoms with Crippen LogP contribution in [0.4, 0.5) is 0 Å². The van der Waals surface area contributed by atoms with Crippen molar-refractivity contribution >= 4 is 39.2 Å². The number of nitrogens with one attached hydrogen (secondary N) is 1. The number of benzene rings is 1. The SMILES string of the molecule is O=C(O)c1cc(S(=O)(=O)NCCC2=CCCCC2)c(Cl)cc1Cl. The van der Waals surface area contributed by atoms with Gasteiger partial charge in [-0.05, 0) is 44.2 Å². The van der Waals surface area contributed by atoms with Crippen LogP contribution in [0.15, 0.2) is 28.7 Å². The first-order chi connectivity index (χ1) is 10.8. The maximum atomic E-state index is 12.3. The van der Waals surface area contributed by atoms with E-state index in [-0.39, 0.29) is 27.0 Å². The van der Waals surface area contributed by atoms with Crippen LogP contribution in [0.2, 0.25) is 10.0 Å². The van der Waals surface area contributed by atoms with E-state index in [2.05, 4.69) is 10.8 Å². The number of carboxylic acids is 1. The van der Waals surface area contributed by atoms with E-state index in [0.717, 1.165) is 31.4 Å². The van der Waals surface area contributed by atoms with Crippen LogP contribution in [0.5, 0.6) is 0 Å². The van der Waals surface area contributed by atoms with E-state index in [1.165, 1.54) is 12.0 Å². The molecule has 1 aromatic carbocycles. The van der Waals surface area contributed by atoms with Crippen LogP contribution in [0, 0.1) is 0 Å². The summed E-state index contributed by atoms with van der Waals surface area (Å²) in [6.07, 6.45) is 7.11. The Kier molecular flexibility index (Phi) is 6.08. The van der Waals surface area contributed by atoms with Gasteiger partial charge >= 0.3 is 5.97 Å². The molecule has 1 aliphatic carbocycles. The zero-order valence-corrected chi connectivity index (χ0v) is 14.6. The van der Waals surface area contributed by atoms with Crippen molar-refractivity contribution in [2.24, 2.45) is 0 Å². The summed E-state index contributed by atoms with van der Waals surface area (Å²) in [6.45, 7) is 0.246. The monoisotopic (exact) mass is 377 g/mol. The van der Waals surface area contributed by atoms with Gasteiger partial charge in [0.1, 0.15) is 4.90 Å². The molecule has 0 spiro atoms. The van der Waals surface area contributed by atoms with Gasteiger partial charge < -0.3 is 5.11 Å². The molecule has 0 saturated carbocycles. The van der Waals surface area contributed by atoms with E-state index in [1.807, 2.05) is 0 Å². The first-order valence-electron chi connectivity index (χ1n) is 7.21. The molecule has 0 amide bonds. The van der Waals surface area contributed by atoms with Crippen LogP contribution >= 0.6 is 23.2 Å². The Hall–Kier alpha value is -1.08. The van der Waals surface area contributed by atoms with Crippen LogP contribution in [-0.4, -0.2) is 26.0 Å². The smallest absolute Gasteiger partial charge is 0.337 e. The highest BCUT2D eigenvalue weighted by atomic mass is 35.5. The molecule has 0 unspecified atom stereocenters. The maximum absolute atomic E-state index is 12.3. The molecule has 0 radical (unpaired) electrons. The maximum Gasteiger partial charge on any atom is 0.337 e. The molecule has 0 aromatic heterocycles. The molecule has 0 heterocycles. The largest absolute Gasteiger partial charge is 0.478 e. The molecule has 1 aliphatic rings. The summed E-state index contributed by atoms with van der Waals surface area (Å²) in [5.41, 5.74) is 0.943. The number of allylic oxidation sites excluding steroid dienone is 1. The molecule has 2 N–H and O–H groups in total. The highest BCUT2D eigenvalue weighted by Crippen LogP contribution is 2.29. The average Bonchev–Trinajstić information content (AvgIpc) is 2.47. The lowest BCUT2D eigenvalue weighted by Crippen LogP contribution is -2.26. The van der Waals surface area contributed by atoms with Crippen molar-refractivity contribution in [3.05, 3.63) is 39.4 Å². The van der Waals surface area contributed by atoms with E-state index in [4.69, 9.17) is 28.3 Å². The van der Waals surface area contributed by atoms with E-state index in [0.29, 0.717) is 6.42 Å². The van der Waals surface area contributed by atoms with Gasteiger partial charge in [0.05, 0.1) is 15.6 Å². The highest BCUT2D eigenvalue weighted by molar-refractivity contribution is 7.89. The lowest BCUT2D eigenvalue weighted by atomic mass is 9.97. The molecule has 0 aliphatic heterocycles. The first-order valence-corrected chi connectivity index (χ1v) is 9.45. The topological polar surface area (TPSA) is 83.5 Å². The third-order valence-electron chi connectivity index (χ3n) is 3.66. The molecular weight excluding hydrogens is 361 g/mol. The van der Waals surface area contributed by atoms with Crippen molar-refractivity contribution in [2.45, 2.75) is 37.0 Å². The highest BCUT2D eigenvalue weighted by Gasteiger charge is 2.22. The summed E-state index contributed by atoms with van der Waals surface area (Å²) in [5, 5.41) is 8.83. The van der Waals surface area contributed by atoms with Gasteiger partial charge in [-0.3, -0.25) is 0 Å². The Morgan fingerprint density at radius 2 is 1.96 bits per heavy atom. The van der Waals surface area contributed by atoms with Crippen molar-refractivity contribution in [1.82, 2.24) is 4.72 Å². The fraction of sp³-hybridized carbons (Fsp3) is 0.400. The van der Waals surface area contributed by atoms with Crippen molar-refractivity contribution in [3.63, 3.8) is 0 Å². The standard InChI is InChI=1S/C15H17Cl2NO4S/c16-12-9-13(17)14(8-11(12)15(19)20)23(21,22)18-7-6-10-4-2-1-3-5-10/h4,8-9,18H,1-3,5-7H2,(H,19,20). The van der Waals surface area contributed by atoms with Crippen LogP contribution in [0.25, 0.3) is 0 Å². The number of sulfonamides is 1. The minimum absolute atomic E-state index is 0.103. The summed E-state index contributed by atoms with van der Waals surface area (Å²) in [5.74, 6) is -1.31. The Labute approximate surface area is 145 Å². The van der Waals surface area contributed by atoms with Crippen molar-refractivity contribution in [2.75, 3.05) is 6.54 Å². The molecule has 8 heteroatoms. The summed E-state index contributed by atoms with van der Waals surface area (Å²) in [6, 6.07) is 2.11. The Bertz CT molecular complexity index is 744. The summed E-state index contributed by atoms with van der Waals surface area (Å²) < 4.78 is 27.1. The van der Waals surface area contributed by atoms with Crippen molar-refractivity contribution < 1.29 is 18.3 Å². The lowest BCUT2D eigenvalue weighted by molar-refractivity contribution is 0.0697. The summed E-state index contributed by atoms with van der Waals surface area (Å²) in [7, 11) is -3.90. The van der Waals surface area contributed by atoms with Crippen LogP contribution < -0.4 is 4.72 Å². The molecule has 0 bridgehead atoms. The summed E-state index contributed by atoms with van der Waals surface area (Å²) in [4.78, 5) is 10.8. The quantitative estimate of drug-likeness (QED) is 0.737. The first kappa shape index (κ1) is 18.3. The molecular formula is C15H17Cl2NO4S. The fourth-order valence-corrected chi connectivity index (χ4v) is 4.34. The number of hydrogen-bond donors (Lipinski definition) is 2. The van der Waals surface area contributed by atoms with Crippen LogP contribution in [0.1, 0.15) is 42.5 Å². The second-order valence-corrected chi connectivity index (χ2v) is 7.87. The van der Waals surface area contributed by atoms with E-state index < -0.39 is 16.0 Å². The van der Waals surface area contributed by atoms with Gasteiger partial charge in [-0.15, -0.1) is 0 Å². The Morgan fingerprint density at radius 1 is 1.22 bits per heavy atom. The molecule has 0 atom stereocenters. The number of carboxylic acid groups (broad SMARTS) is 1. The second kappa shape index (κ2) is 7.66. The van der Waals surface area contributed by atoms with Gasteiger partial charge in [0.2, 0.25) is 10.0 Å². The second-order valence-electron chi connectivity index (χ2n) is 5.32. The van der Waals surface area contributed by atoms with E-state index in [9.17, 15) is 13.2 Å². The third kappa shape index (κ3) is 4.70. The molecule has 126 valence electrons. The van der Waals surface area contributed by atoms with E-state index >= 15 is 0 Å². The van der Waals surface area contributed by atoms with Crippen LogP contribution in [-0.2, 0) is 10.0 Å². The number of aromatic carboxylic acids is 1. The fourth-order valence-electron chi connectivity index (χ4n) is 2.45. The molecule has 23 heavy (non-hydrogen) atoms. The van der Waals surface area contributed by atoms with Crippen molar-refractivity contribution in [3.8, 4) is 0 Å². The minimum atomic E-state index is -3.90. The molecule has 2 rings (SSSR count). The average molecular weight is 378 g/mol. The lowest BCUT2D eigenvalue weighted by Gasteiger charge is -2.14. The zero-order chi connectivity index (χ0) is 17.0. The molecule has 1 aromatic rings. The van der Waals surface area contributed by atoms with Crippen molar-refractivity contribution in [1.29, 1.82) is 0 Å². The van der Waals surface area contributed by atoms with Gasteiger partial charge in [0.15, 0.2) is 0 Å². The van der Waals surface area contributed by atoms with Gasteiger partial charge in [-0.2, -0.15) is 0 Å². The van der Waals surface area contributed by atoms with Gasteiger partial charge in [-0.1, -0.05) is 34.9 Å². The predicted octanol–water partition coefficient (Wildman–Crippen LogP) is 3.86.